The number of carboxylic acid groups (broad SMARTS) is 1. The predicted octanol–water partition coefficient (Wildman–Crippen LogP) is 2.58. The van der Waals surface area contributed by atoms with Crippen LogP contribution in [-0.2, 0) is 9.59 Å². The SMILES string of the molecule is CC[C@H](NC(=O)/C=C/c1cc(Br)ccc1F)C(=O)O. The first-order chi connectivity index (χ1) is 8.93. The molecule has 0 unspecified atom stereocenters. The van der Waals surface area contributed by atoms with Gasteiger partial charge in [0, 0.05) is 16.1 Å². The summed E-state index contributed by atoms with van der Waals surface area (Å²) in [6.07, 6.45) is 2.68. The Balaban J connectivity index is 2.73. The Morgan fingerprint density at radius 3 is 2.79 bits per heavy atom. The number of carbonyl (C=O) groups excluding carboxylic acids is 1. The number of benzene rings is 1. The third-order valence-corrected chi connectivity index (χ3v) is 2.89. The average Bonchev–Trinajstić information content (AvgIpc) is 2.36. The second-order valence-corrected chi connectivity index (χ2v) is 4.72. The van der Waals surface area contributed by atoms with Crippen LogP contribution in [0.3, 0.4) is 0 Å². The number of amides is 1. The number of rotatable bonds is 5. The number of nitrogens with one attached hydrogen (secondary N) is 1. The molecule has 4 nitrogen and oxygen atoms in total. The lowest BCUT2D eigenvalue weighted by Gasteiger charge is -2.09. The van der Waals surface area contributed by atoms with Gasteiger partial charge in [0.25, 0.3) is 0 Å². The van der Waals surface area contributed by atoms with Crippen LogP contribution in [0.4, 0.5) is 4.39 Å². The van der Waals surface area contributed by atoms with Gasteiger partial charge in [0.2, 0.25) is 5.91 Å². The summed E-state index contributed by atoms with van der Waals surface area (Å²) in [5, 5.41) is 11.1. The molecule has 1 atom stereocenters. The van der Waals surface area contributed by atoms with Gasteiger partial charge in [-0.05, 0) is 30.7 Å². The molecule has 0 aromatic heterocycles. The van der Waals surface area contributed by atoms with Crippen LogP contribution in [0.2, 0.25) is 0 Å². The van der Waals surface area contributed by atoms with E-state index in [0.29, 0.717) is 4.47 Å². The molecule has 1 aromatic rings. The molecule has 19 heavy (non-hydrogen) atoms. The lowest BCUT2D eigenvalue weighted by atomic mass is 10.2. The molecule has 0 saturated carbocycles. The van der Waals surface area contributed by atoms with E-state index in [1.54, 1.807) is 13.0 Å². The normalized spacial score (nSPS) is 12.4. The van der Waals surface area contributed by atoms with E-state index in [9.17, 15) is 14.0 Å². The maximum Gasteiger partial charge on any atom is 0.326 e. The van der Waals surface area contributed by atoms with E-state index in [-0.39, 0.29) is 12.0 Å². The van der Waals surface area contributed by atoms with E-state index in [2.05, 4.69) is 21.2 Å². The van der Waals surface area contributed by atoms with Crippen molar-refractivity contribution >= 4 is 33.9 Å². The van der Waals surface area contributed by atoms with Gasteiger partial charge in [-0.25, -0.2) is 9.18 Å². The molecular weight excluding hydrogens is 317 g/mol. The second-order valence-electron chi connectivity index (χ2n) is 3.81. The van der Waals surface area contributed by atoms with Crippen molar-refractivity contribution in [3.05, 3.63) is 40.1 Å². The van der Waals surface area contributed by atoms with Crippen LogP contribution >= 0.6 is 15.9 Å². The van der Waals surface area contributed by atoms with Crippen molar-refractivity contribution in [2.24, 2.45) is 0 Å². The van der Waals surface area contributed by atoms with Gasteiger partial charge in [0.15, 0.2) is 0 Å². The van der Waals surface area contributed by atoms with Crippen LogP contribution in [0.15, 0.2) is 28.7 Å². The number of carboxylic acids is 1. The summed E-state index contributed by atoms with van der Waals surface area (Å²) in [4.78, 5) is 22.2. The van der Waals surface area contributed by atoms with Gasteiger partial charge in [0.1, 0.15) is 11.9 Å². The molecule has 0 spiro atoms. The molecule has 0 bridgehead atoms. The monoisotopic (exact) mass is 329 g/mol. The van der Waals surface area contributed by atoms with Crippen molar-refractivity contribution in [1.82, 2.24) is 5.32 Å². The largest absolute Gasteiger partial charge is 0.480 e. The van der Waals surface area contributed by atoms with Gasteiger partial charge in [-0.1, -0.05) is 22.9 Å². The topological polar surface area (TPSA) is 66.4 Å². The zero-order valence-electron chi connectivity index (χ0n) is 10.2. The Bertz CT molecular complexity index is 517. The van der Waals surface area contributed by atoms with Crippen molar-refractivity contribution in [1.29, 1.82) is 0 Å². The molecule has 102 valence electrons. The lowest BCUT2D eigenvalue weighted by Crippen LogP contribution is -2.39. The Kier molecular flexibility index (Phi) is 5.69. The smallest absolute Gasteiger partial charge is 0.326 e. The number of hydrogen-bond donors (Lipinski definition) is 2. The molecule has 0 heterocycles. The van der Waals surface area contributed by atoms with Crippen LogP contribution in [-0.4, -0.2) is 23.0 Å². The van der Waals surface area contributed by atoms with Crippen molar-refractivity contribution in [2.45, 2.75) is 19.4 Å². The van der Waals surface area contributed by atoms with Crippen LogP contribution in [0.25, 0.3) is 6.08 Å². The second kappa shape index (κ2) is 7.04. The molecule has 0 aliphatic carbocycles. The van der Waals surface area contributed by atoms with Gasteiger partial charge in [-0.15, -0.1) is 0 Å². The summed E-state index contributed by atoms with van der Waals surface area (Å²) in [5.41, 5.74) is 0.243. The van der Waals surface area contributed by atoms with Crippen LogP contribution in [0.1, 0.15) is 18.9 Å². The fourth-order valence-electron chi connectivity index (χ4n) is 1.37. The lowest BCUT2D eigenvalue weighted by molar-refractivity contribution is -0.141. The number of aliphatic carboxylic acids is 1. The number of hydrogen-bond acceptors (Lipinski definition) is 2. The summed E-state index contributed by atoms with van der Waals surface area (Å²) in [5.74, 6) is -2.14. The maximum atomic E-state index is 13.4. The number of carbonyl (C=O) groups is 2. The highest BCUT2D eigenvalue weighted by atomic mass is 79.9. The fourth-order valence-corrected chi connectivity index (χ4v) is 1.74. The van der Waals surface area contributed by atoms with E-state index in [1.807, 2.05) is 0 Å². The minimum Gasteiger partial charge on any atom is -0.480 e. The van der Waals surface area contributed by atoms with Crippen molar-refractivity contribution in [3.8, 4) is 0 Å². The van der Waals surface area contributed by atoms with E-state index >= 15 is 0 Å². The third-order valence-electron chi connectivity index (χ3n) is 2.40. The molecule has 2 N–H and O–H groups in total. The van der Waals surface area contributed by atoms with Crippen LogP contribution in [0, 0.1) is 5.82 Å². The number of halogens is 2. The molecule has 0 saturated heterocycles. The Morgan fingerprint density at radius 2 is 2.21 bits per heavy atom. The van der Waals surface area contributed by atoms with E-state index in [1.165, 1.54) is 18.2 Å². The third kappa shape index (κ3) is 4.82. The molecule has 1 amide bonds. The van der Waals surface area contributed by atoms with Crippen molar-refractivity contribution in [2.75, 3.05) is 0 Å². The standard InChI is InChI=1S/C13H13BrFNO3/c1-2-11(13(18)19)16-12(17)6-3-8-7-9(14)4-5-10(8)15/h3-7,11H,2H2,1H3,(H,16,17)(H,18,19)/b6-3+/t11-/m0/s1. The fraction of sp³-hybridized carbons (Fsp3) is 0.231. The molecule has 0 radical (unpaired) electrons. The first kappa shape index (κ1) is 15.4. The molecular formula is C13H13BrFNO3. The Hall–Kier alpha value is -1.69. The van der Waals surface area contributed by atoms with Crippen LogP contribution in [0.5, 0.6) is 0 Å². The van der Waals surface area contributed by atoms with Gasteiger partial charge < -0.3 is 10.4 Å². The molecule has 1 aromatic carbocycles. The van der Waals surface area contributed by atoms with Crippen molar-refractivity contribution < 1.29 is 19.1 Å². The highest BCUT2D eigenvalue weighted by Gasteiger charge is 2.15. The van der Waals surface area contributed by atoms with Gasteiger partial charge in [0.05, 0.1) is 0 Å². The summed E-state index contributed by atoms with van der Waals surface area (Å²) in [7, 11) is 0. The molecule has 0 fully saturated rings. The van der Waals surface area contributed by atoms with E-state index in [0.717, 1.165) is 6.08 Å². The average molecular weight is 330 g/mol. The highest BCUT2D eigenvalue weighted by Crippen LogP contribution is 2.16. The zero-order chi connectivity index (χ0) is 14.4. The first-order valence-corrected chi connectivity index (χ1v) is 6.39. The zero-order valence-corrected chi connectivity index (χ0v) is 11.8. The highest BCUT2D eigenvalue weighted by molar-refractivity contribution is 9.10. The summed E-state index contributed by atoms with van der Waals surface area (Å²) >= 11 is 3.20. The Labute approximate surface area is 118 Å². The van der Waals surface area contributed by atoms with Gasteiger partial charge in [-0.2, -0.15) is 0 Å². The predicted molar refractivity (Wildman–Crippen MR) is 73.0 cm³/mol. The summed E-state index contributed by atoms with van der Waals surface area (Å²) < 4.78 is 14.1. The molecule has 1 rings (SSSR count). The summed E-state index contributed by atoms with van der Waals surface area (Å²) in [6, 6.07) is 3.40. The Morgan fingerprint density at radius 1 is 1.53 bits per heavy atom. The van der Waals surface area contributed by atoms with Gasteiger partial charge >= 0.3 is 5.97 Å². The molecule has 0 aliphatic heterocycles. The van der Waals surface area contributed by atoms with Gasteiger partial charge in [-0.3, -0.25) is 4.79 Å². The minimum absolute atomic E-state index is 0.243. The van der Waals surface area contributed by atoms with Crippen LogP contribution < -0.4 is 5.32 Å². The van der Waals surface area contributed by atoms with E-state index in [4.69, 9.17) is 5.11 Å². The summed E-state index contributed by atoms with van der Waals surface area (Å²) in [6.45, 7) is 1.65. The van der Waals surface area contributed by atoms with Crippen molar-refractivity contribution in [3.63, 3.8) is 0 Å². The quantitative estimate of drug-likeness (QED) is 0.816. The molecule has 6 heteroatoms. The maximum absolute atomic E-state index is 13.4. The molecule has 0 aliphatic rings. The van der Waals surface area contributed by atoms with E-state index < -0.39 is 23.7 Å². The first-order valence-electron chi connectivity index (χ1n) is 5.60. The minimum atomic E-state index is -1.10.